The van der Waals surface area contributed by atoms with E-state index in [-0.39, 0.29) is 18.1 Å². The summed E-state index contributed by atoms with van der Waals surface area (Å²) in [4.78, 5) is 34.9. The number of rotatable bonds is 8. The molecule has 0 radical (unpaired) electrons. The molecule has 0 unspecified atom stereocenters. The fourth-order valence-corrected chi connectivity index (χ4v) is 3.16. The lowest BCUT2D eigenvalue weighted by Crippen LogP contribution is -2.41. The smallest absolute Gasteiger partial charge is 0.257 e. The Balaban J connectivity index is 1.54. The van der Waals surface area contributed by atoms with E-state index < -0.39 is 12.0 Å². The molecule has 2 amide bonds. The topological polar surface area (TPSA) is 114 Å². The molecule has 1 aliphatic rings. The van der Waals surface area contributed by atoms with Crippen LogP contribution in [0.4, 0.5) is 5.82 Å². The number of carbonyl (C=O) groups is 2. The van der Waals surface area contributed by atoms with E-state index in [9.17, 15) is 14.7 Å². The maximum atomic E-state index is 12.8. The zero-order valence-electron chi connectivity index (χ0n) is 18.1. The number of hydrogen-bond donors (Lipinski definition) is 2. The van der Waals surface area contributed by atoms with Crippen molar-refractivity contribution in [3.8, 4) is 17.2 Å². The maximum absolute atomic E-state index is 12.8. The van der Waals surface area contributed by atoms with Gasteiger partial charge in [0.2, 0.25) is 0 Å². The van der Waals surface area contributed by atoms with Gasteiger partial charge in [-0.25, -0.2) is 4.98 Å². The van der Waals surface area contributed by atoms with Gasteiger partial charge in [-0.3, -0.25) is 14.6 Å². The van der Waals surface area contributed by atoms with Crippen molar-refractivity contribution in [1.82, 2.24) is 14.9 Å². The molecule has 1 saturated heterocycles. The van der Waals surface area contributed by atoms with Crippen LogP contribution in [-0.4, -0.2) is 57.6 Å². The quantitative estimate of drug-likeness (QED) is 0.544. The van der Waals surface area contributed by atoms with Crippen molar-refractivity contribution >= 4 is 17.6 Å². The van der Waals surface area contributed by atoms with Crippen LogP contribution in [0.25, 0.3) is 0 Å². The van der Waals surface area contributed by atoms with Gasteiger partial charge in [0.1, 0.15) is 23.4 Å². The number of anilines is 1. The summed E-state index contributed by atoms with van der Waals surface area (Å²) in [5.74, 6) is 1.12. The van der Waals surface area contributed by atoms with Crippen LogP contribution in [0.2, 0.25) is 0 Å². The number of ether oxygens (including phenoxy) is 2. The molecular weight excluding hydrogens is 424 g/mol. The molecule has 0 spiro atoms. The standard InChI is InChI=1S/C24H24N4O5/c1-16(15-29)32-20-11-18(23(30)27-22-14-25-7-8-26-22)12-21(13-20)33-19-5-3-17(4-6-19)24(31)28-9-2-10-28/h3-8,11-14,16,29H,2,9-10,15H2,1H3,(H,26,27,30)/t16-/m0/s1. The van der Waals surface area contributed by atoms with E-state index in [1.807, 2.05) is 0 Å². The molecule has 0 bridgehead atoms. The van der Waals surface area contributed by atoms with Crippen LogP contribution in [0.15, 0.2) is 61.1 Å². The Morgan fingerprint density at radius 3 is 2.45 bits per heavy atom. The highest BCUT2D eigenvalue weighted by atomic mass is 16.5. The van der Waals surface area contributed by atoms with Crippen LogP contribution in [0.3, 0.4) is 0 Å². The average molecular weight is 448 g/mol. The molecule has 2 N–H and O–H groups in total. The molecule has 1 aliphatic heterocycles. The lowest BCUT2D eigenvalue weighted by atomic mass is 10.1. The van der Waals surface area contributed by atoms with Crippen LogP contribution >= 0.6 is 0 Å². The van der Waals surface area contributed by atoms with E-state index in [2.05, 4.69) is 15.3 Å². The Labute approximate surface area is 191 Å². The SMILES string of the molecule is C[C@@H](CO)Oc1cc(Oc2ccc(C(=O)N3CCC3)cc2)cc(C(=O)Nc2cnccn2)c1. The number of carbonyl (C=O) groups excluding carboxylic acids is 2. The first-order valence-corrected chi connectivity index (χ1v) is 10.6. The molecule has 2 aromatic carbocycles. The minimum atomic E-state index is -0.469. The Hall–Kier alpha value is -3.98. The zero-order valence-corrected chi connectivity index (χ0v) is 18.1. The first-order valence-electron chi connectivity index (χ1n) is 10.6. The molecule has 2 heterocycles. The van der Waals surface area contributed by atoms with Gasteiger partial charge in [-0.05, 0) is 49.7 Å². The van der Waals surface area contributed by atoms with E-state index in [4.69, 9.17) is 9.47 Å². The third-order valence-corrected chi connectivity index (χ3v) is 5.02. The van der Waals surface area contributed by atoms with Crippen LogP contribution in [0, 0.1) is 0 Å². The summed E-state index contributed by atoms with van der Waals surface area (Å²) in [5.41, 5.74) is 0.878. The van der Waals surface area contributed by atoms with Gasteiger partial charge in [-0.15, -0.1) is 0 Å². The van der Waals surface area contributed by atoms with Gasteiger partial charge in [0.05, 0.1) is 12.8 Å². The van der Waals surface area contributed by atoms with Crippen LogP contribution in [-0.2, 0) is 0 Å². The van der Waals surface area contributed by atoms with Crippen molar-refractivity contribution in [1.29, 1.82) is 0 Å². The van der Waals surface area contributed by atoms with Gasteiger partial charge in [0, 0.05) is 42.7 Å². The summed E-state index contributed by atoms with van der Waals surface area (Å²) in [6.07, 6.45) is 4.99. The first-order chi connectivity index (χ1) is 16.0. The fourth-order valence-electron chi connectivity index (χ4n) is 3.16. The van der Waals surface area contributed by atoms with Gasteiger partial charge in [0.15, 0.2) is 5.82 Å². The minimum Gasteiger partial charge on any atom is -0.488 e. The molecule has 4 rings (SSSR count). The van der Waals surface area contributed by atoms with Gasteiger partial charge >= 0.3 is 0 Å². The summed E-state index contributed by atoms with van der Waals surface area (Å²) < 4.78 is 11.6. The Bertz CT molecular complexity index is 1120. The molecule has 33 heavy (non-hydrogen) atoms. The summed E-state index contributed by atoms with van der Waals surface area (Å²) in [6, 6.07) is 11.6. The number of nitrogens with one attached hydrogen (secondary N) is 1. The van der Waals surface area contributed by atoms with E-state index >= 15 is 0 Å². The number of hydrogen-bond acceptors (Lipinski definition) is 7. The number of likely N-dealkylation sites (tertiary alicyclic amines) is 1. The highest BCUT2D eigenvalue weighted by Gasteiger charge is 2.21. The van der Waals surface area contributed by atoms with Crippen molar-refractivity contribution in [3.05, 3.63) is 72.2 Å². The van der Waals surface area contributed by atoms with Crippen molar-refractivity contribution in [2.45, 2.75) is 19.4 Å². The van der Waals surface area contributed by atoms with Gasteiger partial charge < -0.3 is 24.8 Å². The number of nitrogens with zero attached hydrogens (tertiary/aromatic N) is 3. The van der Waals surface area contributed by atoms with Crippen molar-refractivity contribution < 1.29 is 24.2 Å². The first kappa shape index (κ1) is 22.2. The number of amides is 2. The Morgan fingerprint density at radius 2 is 1.82 bits per heavy atom. The third-order valence-electron chi connectivity index (χ3n) is 5.02. The number of aromatic nitrogens is 2. The van der Waals surface area contributed by atoms with Crippen LogP contribution < -0.4 is 14.8 Å². The Morgan fingerprint density at radius 1 is 1.06 bits per heavy atom. The maximum Gasteiger partial charge on any atom is 0.257 e. The molecule has 1 aromatic heterocycles. The normalized spacial score (nSPS) is 13.6. The van der Waals surface area contributed by atoms with Gasteiger partial charge in [0.25, 0.3) is 11.8 Å². The molecule has 170 valence electrons. The molecule has 9 heteroatoms. The van der Waals surface area contributed by atoms with E-state index in [0.29, 0.717) is 28.6 Å². The lowest BCUT2D eigenvalue weighted by Gasteiger charge is -2.30. The zero-order chi connectivity index (χ0) is 23.2. The summed E-state index contributed by atoms with van der Waals surface area (Å²) in [5, 5.41) is 12.0. The molecule has 0 aliphatic carbocycles. The molecule has 1 fully saturated rings. The third kappa shape index (κ3) is 5.64. The minimum absolute atomic E-state index is 0.00385. The summed E-state index contributed by atoms with van der Waals surface area (Å²) in [7, 11) is 0. The van der Waals surface area contributed by atoms with Crippen molar-refractivity contribution in [3.63, 3.8) is 0 Å². The molecule has 3 aromatic rings. The lowest BCUT2D eigenvalue weighted by molar-refractivity contribution is 0.0651. The second-order valence-electron chi connectivity index (χ2n) is 7.62. The van der Waals surface area contributed by atoms with E-state index in [1.54, 1.807) is 54.3 Å². The Kier molecular flexibility index (Phi) is 6.80. The number of benzene rings is 2. The number of aliphatic hydroxyl groups is 1. The molecule has 9 nitrogen and oxygen atoms in total. The molecule has 0 saturated carbocycles. The largest absolute Gasteiger partial charge is 0.488 e. The van der Waals surface area contributed by atoms with Crippen molar-refractivity contribution in [2.75, 3.05) is 25.0 Å². The molecular formula is C24H24N4O5. The van der Waals surface area contributed by atoms with E-state index in [1.165, 1.54) is 18.6 Å². The highest BCUT2D eigenvalue weighted by molar-refractivity contribution is 6.04. The fraction of sp³-hybridized carbons (Fsp3) is 0.250. The van der Waals surface area contributed by atoms with Gasteiger partial charge in [-0.2, -0.15) is 0 Å². The van der Waals surface area contributed by atoms with Crippen molar-refractivity contribution in [2.24, 2.45) is 0 Å². The predicted molar refractivity (Wildman–Crippen MR) is 121 cm³/mol. The van der Waals surface area contributed by atoms with E-state index in [0.717, 1.165) is 19.5 Å². The summed E-state index contributed by atoms with van der Waals surface area (Å²) >= 11 is 0. The van der Waals surface area contributed by atoms with Crippen LogP contribution in [0.5, 0.6) is 17.2 Å². The van der Waals surface area contributed by atoms with Crippen LogP contribution in [0.1, 0.15) is 34.1 Å². The second kappa shape index (κ2) is 10.1. The average Bonchev–Trinajstić information content (AvgIpc) is 2.79. The number of aliphatic hydroxyl groups excluding tert-OH is 1. The second-order valence-corrected chi connectivity index (χ2v) is 7.62. The van der Waals surface area contributed by atoms with Gasteiger partial charge in [-0.1, -0.05) is 0 Å². The molecule has 1 atom stereocenters. The summed E-state index contributed by atoms with van der Waals surface area (Å²) in [6.45, 7) is 3.10. The monoisotopic (exact) mass is 448 g/mol. The predicted octanol–water partition coefficient (Wildman–Crippen LogP) is 3.13. The highest BCUT2D eigenvalue weighted by Crippen LogP contribution is 2.29.